The summed E-state index contributed by atoms with van der Waals surface area (Å²) in [6.07, 6.45) is 2.93. The van der Waals surface area contributed by atoms with E-state index in [0.717, 1.165) is 25.0 Å². The van der Waals surface area contributed by atoms with E-state index < -0.39 is 0 Å². The number of carbonyl (C=O) groups is 1. The van der Waals surface area contributed by atoms with Gasteiger partial charge in [0.1, 0.15) is 5.69 Å². The van der Waals surface area contributed by atoms with Crippen molar-refractivity contribution in [3.8, 4) is 0 Å². The van der Waals surface area contributed by atoms with Crippen LogP contribution in [0.3, 0.4) is 0 Å². The lowest BCUT2D eigenvalue weighted by molar-refractivity contribution is 0.0670. The zero-order valence-electron chi connectivity index (χ0n) is 10.7. The smallest absolute Gasteiger partial charge is 0.272 e. The van der Waals surface area contributed by atoms with Crippen molar-refractivity contribution in [1.29, 1.82) is 0 Å². The first-order chi connectivity index (χ1) is 8.50. The van der Waals surface area contributed by atoms with Crippen LogP contribution < -0.4 is 5.73 Å². The molecule has 2 N–H and O–H groups in total. The van der Waals surface area contributed by atoms with Crippen LogP contribution in [0.25, 0.3) is 0 Å². The van der Waals surface area contributed by atoms with Crippen molar-refractivity contribution in [2.45, 2.75) is 32.2 Å². The van der Waals surface area contributed by atoms with Crippen LogP contribution in [0.15, 0.2) is 6.07 Å². The summed E-state index contributed by atoms with van der Waals surface area (Å²) in [7, 11) is 1.78. The third-order valence-electron chi connectivity index (χ3n) is 3.31. The van der Waals surface area contributed by atoms with E-state index in [2.05, 4.69) is 5.10 Å². The number of amides is 1. The number of carbonyl (C=O) groups excluding carboxylic acids is 1. The molecule has 1 aromatic heterocycles. The molecule has 98 valence electrons. The number of thiocarbonyl (C=S) groups is 1. The Morgan fingerprint density at radius 3 is 2.83 bits per heavy atom. The second kappa shape index (κ2) is 5.06. The Morgan fingerprint density at radius 2 is 2.28 bits per heavy atom. The highest BCUT2D eigenvalue weighted by Crippen LogP contribution is 2.20. The SMILES string of the molecule is Cc1cc(C(=O)N2CCCCC2C(N)=S)n(C)n1. The number of piperidine rings is 1. The van der Waals surface area contributed by atoms with Gasteiger partial charge in [-0.25, -0.2) is 0 Å². The van der Waals surface area contributed by atoms with E-state index in [1.54, 1.807) is 22.7 Å². The molecule has 2 rings (SSSR count). The molecule has 18 heavy (non-hydrogen) atoms. The number of hydrogen-bond acceptors (Lipinski definition) is 3. The molecular formula is C12H18N4OS. The monoisotopic (exact) mass is 266 g/mol. The summed E-state index contributed by atoms with van der Waals surface area (Å²) in [6, 6.07) is 1.68. The molecular weight excluding hydrogens is 248 g/mol. The number of nitrogens with zero attached hydrogens (tertiary/aromatic N) is 3. The molecule has 1 aliphatic heterocycles. The number of aromatic nitrogens is 2. The van der Waals surface area contributed by atoms with Crippen molar-refractivity contribution >= 4 is 23.1 Å². The molecule has 1 unspecified atom stereocenters. The van der Waals surface area contributed by atoms with Crippen LogP contribution in [-0.2, 0) is 7.05 Å². The quantitative estimate of drug-likeness (QED) is 0.811. The Bertz CT molecular complexity index is 482. The topological polar surface area (TPSA) is 64.2 Å². The van der Waals surface area contributed by atoms with E-state index in [0.29, 0.717) is 17.2 Å². The van der Waals surface area contributed by atoms with Crippen LogP contribution in [0.1, 0.15) is 35.4 Å². The molecule has 1 aliphatic rings. The lowest BCUT2D eigenvalue weighted by atomic mass is 10.0. The van der Waals surface area contributed by atoms with Gasteiger partial charge in [-0.2, -0.15) is 5.10 Å². The molecule has 1 aromatic rings. The van der Waals surface area contributed by atoms with E-state index in [1.807, 2.05) is 6.92 Å². The molecule has 1 atom stereocenters. The summed E-state index contributed by atoms with van der Waals surface area (Å²) < 4.78 is 1.61. The van der Waals surface area contributed by atoms with E-state index in [-0.39, 0.29) is 11.9 Å². The van der Waals surface area contributed by atoms with Crippen molar-refractivity contribution in [1.82, 2.24) is 14.7 Å². The molecule has 1 saturated heterocycles. The number of likely N-dealkylation sites (tertiary alicyclic amines) is 1. The molecule has 1 fully saturated rings. The normalized spacial score (nSPS) is 19.9. The Balaban J connectivity index is 2.26. The Labute approximate surface area is 112 Å². The summed E-state index contributed by atoms with van der Waals surface area (Å²) in [5, 5.41) is 4.20. The Kier molecular flexibility index (Phi) is 3.65. The van der Waals surface area contributed by atoms with Crippen LogP contribution in [-0.4, -0.2) is 38.2 Å². The minimum atomic E-state index is -0.114. The highest BCUT2D eigenvalue weighted by atomic mass is 32.1. The summed E-state index contributed by atoms with van der Waals surface area (Å²) >= 11 is 5.06. The molecule has 1 amide bonds. The predicted octanol–water partition coefficient (Wildman–Crippen LogP) is 1.01. The summed E-state index contributed by atoms with van der Waals surface area (Å²) in [5.74, 6) is -0.0319. The predicted molar refractivity (Wildman–Crippen MR) is 73.4 cm³/mol. The molecule has 0 saturated carbocycles. The maximum absolute atomic E-state index is 12.5. The lowest BCUT2D eigenvalue weighted by Gasteiger charge is -2.34. The minimum absolute atomic E-state index is 0.0319. The van der Waals surface area contributed by atoms with Crippen molar-refractivity contribution < 1.29 is 4.79 Å². The lowest BCUT2D eigenvalue weighted by Crippen LogP contribution is -2.50. The summed E-state index contributed by atoms with van der Waals surface area (Å²) in [4.78, 5) is 14.7. The van der Waals surface area contributed by atoms with Crippen LogP contribution in [0.4, 0.5) is 0 Å². The number of hydrogen-bond donors (Lipinski definition) is 1. The van der Waals surface area contributed by atoms with Crippen LogP contribution in [0.2, 0.25) is 0 Å². The molecule has 0 aliphatic carbocycles. The third kappa shape index (κ3) is 2.38. The first kappa shape index (κ1) is 13.0. The van der Waals surface area contributed by atoms with Gasteiger partial charge in [0.15, 0.2) is 0 Å². The van der Waals surface area contributed by atoms with Gasteiger partial charge in [-0.05, 0) is 32.3 Å². The van der Waals surface area contributed by atoms with Gasteiger partial charge in [0.2, 0.25) is 0 Å². The maximum atomic E-state index is 12.5. The van der Waals surface area contributed by atoms with E-state index in [4.69, 9.17) is 18.0 Å². The Morgan fingerprint density at radius 1 is 1.56 bits per heavy atom. The zero-order chi connectivity index (χ0) is 13.3. The van der Waals surface area contributed by atoms with Crippen molar-refractivity contribution in [2.75, 3.05) is 6.54 Å². The largest absolute Gasteiger partial charge is 0.392 e. The fraction of sp³-hybridized carbons (Fsp3) is 0.583. The van der Waals surface area contributed by atoms with Gasteiger partial charge in [-0.3, -0.25) is 9.48 Å². The van der Waals surface area contributed by atoms with Gasteiger partial charge in [0.05, 0.1) is 16.7 Å². The van der Waals surface area contributed by atoms with Gasteiger partial charge in [-0.1, -0.05) is 12.2 Å². The summed E-state index contributed by atoms with van der Waals surface area (Å²) in [5.41, 5.74) is 7.16. The van der Waals surface area contributed by atoms with E-state index >= 15 is 0 Å². The third-order valence-corrected chi connectivity index (χ3v) is 3.59. The maximum Gasteiger partial charge on any atom is 0.272 e. The van der Waals surface area contributed by atoms with Gasteiger partial charge in [0, 0.05) is 13.6 Å². The molecule has 5 nitrogen and oxygen atoms in total. The molecule has 6 heteroatoms. The fourth-order valence-electron chi connectivity index (χ4n) is 2.43. The molecule has 0 bridgehead atoms. The van der Waals surface area contributed by atoms with E-state index in [1.165, 1.54) is 0 Å². The Hall–Kier alpha value is -1.43. The standard InChI is InChI=1S/C12H18N4OS/c1-8-7-10(15(2)14-8)12(17)16-6-4-3-5-9(16)11(13)18/h7,9H,3-6H2,1-2H3,(H2,13,18). The number of nitrogens with two attached hydrogens (primary N) is 1. The van der Waals surface area contributed by atoms with Crippen LogP contribution >= 0.6 is 12.2 Å². The first-order valence-electron chi connectivity index (χ1n) is 6.11. The van der Waals surface area contributed by atoms with Gasteiger partial charge in [0.25, 0.3) is 5.91 Å². The highest BCUT2D eigenvalue weighted by Gasteiger charge is 2.30. The number of aryl methyl sites for hydroxylation is 2. The van der Waals surface area contributed by atoms with Crippen LogP contribution in [0, 0.1) is 6.92 Å². The van der Waals surface area contributed by atoms with Crippen molar-refractivity contribution in [3.63, 3.8) is 0 Å². The average Bonchev–Trinajstić information content (AvgIpc) is 2.67. The first-order valence-corrected chi connectivity index (χ1v) is 6.52. The summed E-state index contributed by atoms with van der Waals surface area (Å²) in [6.45, 7) is 2.59. The van der Waals surface area contributed by atoms with E-state index in [9.17, 15) is 4.79 Å². The molecule has 0 radical (unpaired) electrons. The fourth-order valence-corrected chi connectivity index (χ4v) is 2.67. The average molecular weight is 266 g/mol. The van der Waals surface area contributed by atoms with Crippen molar-refractivity contribution in [3.05, 3.63) is 17.5 Å². The minimum Gasteiger partial charge on any atom is -0.392 e. The second-order valence-corrected chi connectivity index (χ2v) is 5.18. The number of rotatable bonds is 2. The zero-order valence-corrected chi connectivity index (χ0v) is 11.5. The van der Waals surface area contributed by atoms with Gasteiger partial charge < -0.3 is 10.6 Å². The molecule has 0 aromatic carbocycles. The van der Waals surface area contributed by atoms with Crippen molar-refractivity contribution in [2.24, 2.45) is 12.8 Å². The van der Waals surface area contributed by atoms with Gasteiger partial charge >= 0.3 is 0 Å². The second-order valence-electron chi connectivity index (χ2n) is 4.71. The van der Waals surface area contributed by atoms with Gasteiger partial charge in [-0.15, -0.1) is 0 Å². The molecule has 0 spiro atoms. The van der Waals surface area contributed by atoms with Crippen LogP contribution in [0.5, 0.6) is 0 Å². The molecule has 2 heterocycles. The highest BCUT2D eigenvalue weighted by molar-refractivity contribution is 7.80.